The third kappa shape index (κ3) is 5.69. The molecule has 0 spiro atoms. The predicted molar refractivity (Wildman–Crippen MR) is 158 cm³/mol. The van der Waals surface area contributed by atoms with Gasteiger partial charge in [0.15, 0.2) is 12.4 Å². The third-order valence-corrected chi connectivity index (χ3v) is 10.9. The lowest BCUT2D eigenvalue weighted by molar-refractivity contribution is -0.181. The maximum atomic E-state index is 13.4. The van der Waals surface area contributed by atoms with Crippen LogP contribution in [0.2, 0.25) is 0 Å². The van der Waals surface area contributed by atoms with E-state index in [0.29, 0.717) is 19.4 Å². The van der Waals surface area contributed by atoms with Crippen LogP contribution in [0.25, 0.3) is 0 Å². The average molecular weight is 594 g/mol. The maximum Gasteiger partial charge on any atom is 0.306 e. The van der Waals surface area contributed by atoms with Gasteiger partial charge in [0, 0.05) is 29.7 Å². The molecule has 0 heterocycles. The molecule has 1 aromatic carbocycles. The van der Waals surface area contributed by atoms with Gasteiger partial charge < -0.3 is 25.0 Å². The molecular formula is C34H43NO8. The molecule has 4 aliphatic carbocycles. The number of carbonyl (C=O) groups is 4. The maximum absolute atomic E-state index is 13.4. The molecule has 43 heavy (non-hydrogen) atoms. The molecule has 4 aliphatic rings. The third-order valence-electron chi connectivity index (χ3n) is 10.9. The van der Waals surface area contributed by atoms with E-state index in [1.807, 2.05) is 37.3 Å². The van der Waals surface area contributed by atoms with Crippen molar-refractivity contribution >= 4 is 23.4 Å². The monoisotopic (exact) mass is 593 g/mol. The smallest absolute Gasteiger partial charge is 0.306 e. The van der Waals surface area contributed by atoms with Gasteiger partial charge in [-0.05, 0) is 80.2 Å². The van der Waals surface area contributed by atoms with Gasteiger partial charge in [-0.25, -0.2) is 0 Å². The molecule has 0 aliphatic heterocycles. The molecular weight excluding hydrogens is 550 g/mol. The fourth-order valence-electron chi connectivity index (χ4n) is 8.57. The van der Waals surface area contributed by atoms with Gasteiger partial charge in [0.2, 0.25) is 11.7 Å². The Kier molecular flexibility index (Phi) is 8.69. The minimum Gasteiger partial charge on any atom is -0.497 e. The quantitative estimate of drug-likeness (QED) is 0.352. The lowest BCUT2D eigenvalue weighted by Gasteiger charge is -2.59. The number of fused-ring (bicyclic) bond motifs is 5. The summed E-state index contributed by atoms with van der Waals surface area (Å²) in [6, 6.07) is 7.55. The number of rotatable bonds is 10. The Labute approximate surface area is 252 Å². The second-order valence-corrected chi connectivity index (χ2v) is 13.1. The van der Waals surface area contributed by atoms with E-state index in [1.54, 1.807) is 19.3 Å². The number of ether oxygens (including phenoxy) is 2. The molecule has 7 atom stereocenters. The lowest BCUT2D eigenvalue weighted by Crippen LogP contribution is -2.61. The first-order valence-electron chi connectivity index (χ1n) is 15.3. The van der Waals surface area contributed by atoms with E-state index in [9.17, 15) is 29.4 Å². The van der Waals surface area contributed by atoms with Crippen LogP contribution in [0.15, 0.2) is 48.1 Å². The van der Waals surface area contributed by atoms with Crippen LogP contribution in [0, 0.1) is 28.6 Å². The summed E-state index contributed by atoms with van der Waals surface area (Å²) in [5.74, 6) is -0.805. The number of benzene rings is 1. The predicted octanol–water partition coefficient (Wildman–Crippen LogP) is 3.26. The molecule has 9 heteroatoms. The van der Waals surface area contributed by atoms with Gasteiger partial charge in [-0.1, -0.05) is 37.6 Å². The van der Waals surface area contributed by atoms with E-state index in [1.165, 1.54) is 0 Å². The van der Waals surface area contributed by atoms with Gasteiger partial charge in [-0.3, -0.25) is 19.2 Å². The lowest BCUT2D eigenvalue weighted by atomic mass is 9.46. The summed E-state index contributed by atoms with van der Waals surface area (Å²) < 4.78 is 10.4. The Morgan fingerprint density at radius 1 is 1.09 bits per heavy atom. The number of hydrogen-bond acceptors (Lipinski definition) is 8. The van der Waals surface area contributed by atoms with Gasteiger partial charge in [-0.2, -0.15) is 0 Å². The summed E-state index contributed by atoms with van der Waals surface area (Å²) in [4.78, 5) is 50.1. The minimum atomic E-state index is -1.72. The number of hydrogen-bond donors (Lipinski definition) is 3. The van der Waals surface area contributed by atoms with Crippen molar-refractivity contribution in [1.82, 2.24) is 5.32 Å². The van der Waals surface area contributed by atoms with E-state index in [0.717, 1.165) is 29.7 Å². The van der Waals surface area contributed by atoms with Crippen molar-refractivity contribution in [2.45, 2.75) is 76.9 Å². The van der Waals surface area contributed by atoms with Crippen molar-refractivity contribution in [3.63, 3.8) is 0 Å². The molecule has 0 aromatic heterocycles. The van der Waals surface area contributed by atoms with Gasteiger partial charge in [0.1, 0.15) is 11.4 Å². The van der Waals surface area contributed by atoms with Crippen LogP contribution in [0.3, 0.4) is 0 Å². The molecule has 5 rings (SSSR count). The summed E-state index contributed by atoms with van der Waals surface area (Å²) in [5.41, 5.74) is -0.932. The first-order valence-corrected chi connectivity index (χ1v) is 15.3. The fraction of sp³-hybridized carbons (Fsp3) is 0.588. The van der Waals surface area contributed by atoms with Crippen LogP contribution in [0.4, 0.5) is 0 Å². The largest absolute Gasteiger partial charge is 0.497 e. The molecule has 0 saturated heterocycles. The van der Waals surface area contributed by atoms with E-state index in [4.69, 9.17) is 9.47 Å². The number of Topliss-reactive ketones (excluding diaryl/α,β-unsaturated/α-hetero) is 1. The van der Waals surface area contributed by atoms with Crippen molar-refractivity contribution in [1.29, 1.82) is 0 Å². The summed E-state index contributed by atoms with van der Waals surface area (Å²) in [6.07, 6.45) is 7.50. The molecule has 3 fully saturated rings. The first-order chi connectivity index (χ1) is 20.4. The molecule has 3 saturated carbocycles. The highest BCUT2D eigenvalue weighted by Crippen LogP contribution is 2.67. The topological polar surface area (TPSA) is 139 Å². The summed E-state index contributed by atoms with van der Waals surface area (Å²) in [6.45, 7) is 3.81. The highest BCUT2D eigenvalue weighted by molar-refractivity contribution is 6.01. The highest BCUT2D eigenvalue weighted by Gasteiger charge is 2.68. The van der Waals surface area contributed by atoms with Crippen molar-refractivity contribution < 1.29 is 38.9 Å². The second kappa shape index (κ2) is 12.0. The number of methoxy groups -OCH3 is 1. The molecule has 9 nitrogen and oxygen atoms in total. The first kappa shape index (κ1) is 31.1. The Morgan fingerprint density at radius 3 is 2.56 bits per heavy atom. The molecule has 1 amide bonds. The Hall–Kier alpha value is -3.30. The number of aliphatic hydroxyl groups excluding tert-OH is 1. The van der Waals surface area contributed by atoms with Crippen molar-refractivity contribution in [2.24, 2.45) is 28.6 Å². The molecule has 0 unspecified atom stereocenters. The number of aliphatic hydroxyl groups is 2. The summed E-state index contributed by atoms with van der Waals surface area (Å²) in [7, 11) is 1.60. The van der Waals surface area contributed by atoms with Crippen LogP contribution >= 0.6 is 0 Å². The summed E-state index contributed by atoms with van der Waals surface area (Å²) in [5, 5.41) is 26.1. The van der Waals surface area contributed by atoms with Crippen LogP contribution in [0.1, 0.15) is 64.4 Å². The summed E-state index contributed by atoms with van der Waals surface area (Å²) >= 11 is 0. The zero-order valence-corrected chi connectivity index (χ0v) is 25.3. The Bertz CT molecular complexity index is 1330. The number of ketones is 2. The van der Waals surface area contributed by atoms with Crippen LogP contribution < -0.4 is 10.1 Å². The number of nitrogens with one attached hydrogen (secondary N) is 1. The zero-order chi connectivity index (χ0) is 31.0. The minimum absolute atomic E-state index is 0.0107. The van der Waals surface area contributed by atoms with Gasteiger partial charge in [-0.15, -0.1) is 0 Å². The van der Waals surface area contributed by atoms with E-state index >= 15 is 0 Å². The number of carbonyl (C=O) groups excluding carboxylic acids is 4. The normalized spacial score (nSPS) is 34.3. The molecule has 232 valence electrons. The Balaban J connectivity index is 1.12. The average Bonchev–Trinajstić information content (AvgIpc) is 3.25. The molecule has 0 radical (unpaired) electrons. The van der Waals surface area contributed by atoms with E-state index in [-0.39, 0.29) is 55.1 Å². The molecule has 0 bridgehead atoms. The van der Waals surface area contributed by atoms with Crippen molar-refractivity contribution in [3.05, 3.63) is 53.6 Å². The van der Waals surface area contributed by atoms with Crippen molar-refractivity contribution in [2.75, 3.05) is 20.3 Å². The van der Waals surface area contributed by atoms with Crippen LogP contribution in [-0.4, -0.2) is 65.6 Å². The number of esters is 1. The van der Waals surface area contributed by atoms with Crippen LogP contribution in [-0.2, 0) is 30.3 Å². The Morgan fingerprint density at radius 2 is 1.84 bits per heavy atom. The fourth-order valence-corrected chi connectivity index (χ4v) is 8.57. The van der Waals surface area contributed by atoms with Gasteiger partial charge in [0.05, 0.1) is 19.6 Å². The highest BCUT2D eigenvalue weighted by atomic mass is 16.5. The second-order valence-electron chi connectivity index (χ2n) is 13.1. The molecule has 1 aromatic rings. The number of amides is 1. The SMILES string of the molecule is COc1ccc(CCNC(=O)CCC(=O)OCC(=O)[C@@]2(O)CC[C@@H]3[C@@H]4CCC5=CC(=O)C=C[C@]5(C)[C@@H]4[C@@H](O)C[C@@]32C)cc1. The van der Waals surface area contributed by atoms with E-state index < -0.39 is 40.9 Å². The van der Waals surface area contributed by atoms with E-state index in [2.05, 4.69) is 12.2 Å². The standard InChI is InChI=1S/C34H43NO8/c1-32-15-12-23(36)18-22(32)6-9-25-26-13-16-34(41,33(26,2)19-27(37)31(25)32)28(38)20-43-30(40)11-10-29(39)35-17-14-21-4-7-24(42-3)8-5-21/h4-5,7-8,12,15,18,25-27,31,37,41H,6,9-11,13-14,16-17,19-20H2,1-3H3,(H,35,39)/t25-,26+,27-,31-,32-,33-,34-/m0/s1. The van der Waals surface area contributed by atoms with Crippen molar-refractivity contribution in [3.8, 4) is 5.75 Å². The van der Waals surface area contributed by atoms with Gasteiger partial charge >= 0.3 is 5.97 Å². The number of allylic oxidation sites excluding steroid dienone is 4. The van der Waals surface area contributed by atoms with Crippen LogP contribution in [0.5, 0.6) is 5.75 Å². The molecule has 3 N–H and O–H groups in total. The van der Waals surface area contributed by atoms with Gasteiger partial charge in [0.25, 0.3) is 0 Å². The zero-order valence-electron chi connectivity index (χ0n) is 25.3.